The monoisotopic (exact) mass is 306 g/mol. The van der Waals surface area contributed by atoms with Gasteiger partial charge in [0.15, 0.2) is 5.82 Å². The van der Waals surface area contributed by atoms with Crippen molar-refractivity contribution in [3.63, 3.8) is 0 Å². The number of carboxylic acids is 1. The summed E-state index contributed by atoms with van der Waals surface area (Å²) in [6.07, 6.45) is 2.65. The molecule has 3 heterocycles. The Morgan fingerprint density at radius 3 is 2.85 bits per heavy atom. The highest BCUT2D eigenvalue weighted by atomic mass is 32.1. The van der Waals surface area contributed by atoms with Crippen molar-refractivity contribution >= 4 is 28.6 Å². The number of pyridine rings is 1. The lowest BCUT2D eigenvalue weighted by molar-refractivity contribution is 0.0697. The Labute approximate surface area is 121 Å². The zero-order valence-electron chi connectivity index (χ0n) is 9.91. The lowest BCUT2D eigenvalue weighted by Crippen LogP contribution is -1.91. The number of hydrogen-bond acceptors (Lipinski definition) is 5. The minimum atomic E-state index is -0.969. The van der Waals surface area contributed by atoms with Crippen molar-refractivity contribution in [3.8, 4) is 21.1 Å². The Kier molecular flexibility index (Phi) is 3.29. The second kappa shape index (κ2) is 5.10. The van der Waals surface area contributed by atoms with Crippen LogP contribution in [0, 0.1) is 5.82 Å². The fourth-order valence-corrected chi connectivity index (χ4v) is 3.41. The van der Waals surface area contributed by atoms with E-state index >= 15 is 0 Å². The van der Waals surface area contributed by atoms with Crippen LogP contribution in [0.15, 0.2) is 35.3 Å². The molecule has 0 saturated heterocycles. The molecule has 0 aromatic carbocycles. The summed E-state index contributed by atoms with van der Waals surface area (Å²) in [6, 6.07) is 3.13. The molecule has 0 aliphatic carbocycles. The van der Waals surface area contributed by atoms with Crippen LogP contribution in [0.25, 0.3) is 21.1 Å². The Bertz CT molecular complexity index is 782. The highest BCUT2D eigenvalue weighted by molar-refractivity contribution is 7.15. The Morgan fingerprint density at radius 1 is 1.30 bits per heavy atom. The number of nitrogens with zero attached hydrogens (tertiary/aromatic N) is 2. The molecule has 0 aliphatic rings. The quantitative estimate of drug-likeness (QED) is 0.800. The molecule has 0 fully saturated rings. The van der Waals surface area contributed by atoms with E-state index in [9.17, 15) is 9.18 Å². The zero-order valence-corrected chi connectivity index (χ0v) is 11.5. The van der Waals surface area contributed by atoms with Crippen molar-refractivity contribution in [2.24, 2.45) is 0 Å². The van der Waals surface area contributed by atoms with Crippen LogP contribution in [-0.4, -0.2) is 21.0 Å². The summed E-state index contributed by atoms with van der Waals surface area (Å²) in [5.41, 5.74) is 1.28. The predicted octanol–water partition coefficient (Wildman–Crippen LogP) is 3.77. The summed E-state index contributed by atoms with van der Waals surface area (Å²) in [5, 5.41) is 12.8. The summed E-state index contributed by atoms with van der Waals surface area (Å²) in [7, 11) is 0. The second-order valence-electron chi connectivity index (χ2n) is 3.90. The molecule has 7 heteroatoms. The van der Waals surface area contributed by atoms with Crippen LogP contribution in [0.4, 0.5) is 4.39 Å². The molecule has 0 amide bonds. The second-order valence-corrected chi connectivity index (χ2v) is 5.67. The molecule has 0 spiro atoms. The maximum Gasteiger partial charge on any atom is 0.336 e. The zero-order chi connectivity index (χ0) is 14.1. The maximum absolute atomic E-state index is 13.6. The minimum absolute atomic E-state index is 0.231. The molecule has 4 nitrogen and oxygen atoms in total. The first-order valence-electron chi connectivity index (χ1n) is 5.53. The molecule has 3 rings (SSSR count). The van der Waals surface area contributed by atoms with E-state index in [0.717, 1.165) is 11.1 Å². The first-order chi connectivity index (χ1) is 9.65. The maximum atomic E-state index is 13.6. The van der Waals surface area contributed by atoms with Crippen molar-refractivity contribution in [2.75, 3.05) is 0 Å². The van der Waals surface area contributed by atoms with Gasteiger partial charge in [0.05, 0.1) is 22.3 Å². The van der Waals surface area contributed by atoms with Gasteiger partial charge in [-0.3, -0.25) is 4.98 Å². The van der Waals surface area contributed by atoms with Gasteiger partial charge in [0.2, 0.25) is 0 Å². The van der Waals surface area contributed by atoms with Gasteiger partial charge in [-0.15, -0.1) is 22.7 Å². The van der Waals surface area contributed by atoms with Gasteiger partial charge in [0.25, 0.3) is 0 Å². The van der Waals surface area contributed by atoms with E-state index in [0.29, 0.717) is 16.3 Å². The lowest BCUT2D eigenvalue weighted by atomic mass is 10.2. The smallest absolute Gasteiger partial charge is 0.336 e. The number of aromatic nitrogens is 2. The minimum Gasteiger partial charge on any atom is -0.478 e. The molecule has 0 aliphatic heterocycles. The van der Waals surface area contributed by atoms with Crippen molar-refractivity contribution in [2.45, 2.75) is 0 Å². The molecule has 3 aromatic rings. The van der Waals surface area contributed by atoms with Gasteiger partial charge >= 0.3 is 5.97 Å². The van der Waals surface area contributed by atoms with Crippen LogP contribution in [-0.2, 0) is 0 Å². The fraction of sp³-hybridized carbons (Fsp3) is 0. The van der Waals surface area contributed by atoms with E-state index < -0.39 is 11.8 Å². The molecule has 100 valence electrons. The Balaban J connectivity index is 1.98. The van der Waals surface area contributed by atoms with Crippen LogP contribution in [0.5, 0.6) is 0 Å². The summed E-state index contributed by atoms with van der Waals surface area (Å²) in [6.45, 7) is 0. The number of halogens is 1. The number of thiazole rings is 1. The molecule has 0 unspecified atom stereocenters. The summed E-state index contributed by atoms with van der Waals surface area (Å²) in [5.74, 6) is -1.39. The number of carbonyl (C=O) groups is 1. The molecule has 20 heavy (non-hydrogen) atoms. The topological polar surface area (TPSA) is 63.1 Å². The third kappa shape index (κ3) is 2.33. The van der Waals surface area contributed by atoms with Crippen molar-refractivity contribution in [3.05, 3.63) is 46.7 Å². The summed E-state index contributed by atoms with van der Waals surface area (Å²) >= 11 is 2.61. The molecular formula is C13H7FN2O2S2. The SMILES string of the molecule is O=C(O)c1csc(-c2csc(-c3ccncc3F)n2)c1. The fourth-order valence-electron chi connectivity index (χ4n) is 1.64. The number of aromatic carboxylic acids is 1. The van der Waals surface area contributed by atoms with E-state index in [1.54, 1.807) is 22.9 Å². The first-order valence-corrected chi connectivity index (χ1v) is 7.28. The highest BCUT2D eigenvalue weighted by Crippen LogP contribution is 2.32. The third-order valence-corrected chi connectivity index (χ3v) is 4.43. The molecule has 0 saturated carbocycles. The largest absolute Gasteiger partial charge is 0.478 e. The lowest BCUT2D eigenvalue weighted by Gasteiger charge is -1.96. The summed E-state index contributed by atoms with van der Waals surface area (Å²) in [4.78, 5) is 19.6. The third-order valence-electron chi connectivity index (χ3n) is 2.61. The van der Waals surface area contributed by atoms with E-state index in [-0.39, 0.29) is 5.56 Å². The van der Waals surface area contributed by atoms with Gasteiger partial charge in [0, 0.05) is 22.5 Å². The number of thiophene rings is 1. The van der Waals surface area contributed by atoms with Crippen LogP contribution in [0.3, 0.4) is 0 Å². The Morgan fingerprint density at radius 2 is 2.15 bits per heavy atom. The molecule has 3 aromatic heterocycles. The number of hydrogen-bond donors (Lipinski definition) is 1. The number of carboxylic acid groups (broad SMARTS) is 1. The van der Waals surface area contributed by atoms with E-state index in [1.165, 1.54) is 28.9 Å². The molecule has 0 atom stereocenters. The average molecular weight is 306 g/mol. The van der Waals surface area contributed by atoms with Crippen LogP contribution < -0.4 is 0 Å². The van der Waals surface area contributed by atoms with Crippen LogP contribution in [0.2, 0.25) is 0 Å². The molecule has 1 N–H and O–H groups in total. The van der Waals surface area contributed by atoms with Crippen LogP contribution >= 0.6 is 22.7 Å². The van der Waals surface area contributed by atoms with Gasteiger partial charge in [-0.2, -0.15) is 0 Å². The molecular weight excluding hydrogens is 299 g/mol. The predicted molar refractivity (Wildman–Crippen MR) is 75.6 cm³/mol. The first kappa shape index (κ1) is 12.9. The summed E-state index contributed by atoms with van der Waals surface area (Å²) < 4.78 is 13.6. The van der Waals surface area contributed by atoms with Gasteiger partial charge in [-0.1, -0.05) is 0 Å². The molecule has 0 bridgehead atoms. The number of rotatable bonds is 3. The highest BCUT2D eigenvalue weighted by Gasteiger charge is 2.13. The standard InChI is InChI=1S/C13H7FN2O2S2/c14-9-4-15-2-1-8(9)12-16-10(6-20-12)11-3-7(5-19-11)13(17)18/h1-6H,(H,17,18). The van der Waals surface area contributed by atoms with Crippen molar-refractivity contribution in [1.82, 2.24) is 9.97 Å². The normalized spacial score (nSPS) is 10.7. The van der Waals surface area contributed by atoms with Gasteiger partial charge in [-0.05, 0) is 12.1 Å². The molecule has 0 radical (unpaired) electrons. The van der Waals surface area contributed by atoms with E-state index in [2.05, 4.69) is 9.97 Å². The van der Waals surface area contributed by atoms with E-state index in [4.69, 9.17) is 5.11 Å². The van der Waals surface area contributed by atoms with Crippen LogP contribution in [0.1, 0.15) is 10.4 Å². The Hall–Kier alpha value is -2.12. The average Bonchev–Trinajstić information content (AvgIpc) is 3.08. The van der Waals surface area contributed by atoms with Gasteiger partial charge in [0.1, 0.15) is 5.01 Å². The van der Waals surface area contributed by atoms with Crippen molar-refractivity contribution in [1.29, 1.82) is 0 Å². The van der Waals surface area contributed by atoms with E-state index in [1.807, 2.05) is 0 Å². The van der Waals surface area contributed by atoms with Gasteiger partial charge < -0.3 is 5.11 Å². The van der Waals surface area contributed by atoms with Gasteiger partial charge in [-0.25, -0.2) is 14.2 Å². The van der Waals surface area contributed by atoms with Crippen molar-refractivity contribution < 1.29 is 14.3 Å².